The Kier molecular flexibility index (Phi) is 4.74. The number of nitrogens with zero attached hydrogens (tertiary/aromatic N) is 2. The Morgan fingerprint density at radius 2 is 2.20 bits per heavy atom. The Bertz CT molecular complexity index is 626. The number of hydrogen-bond acceptors (Lipinski definition) is 5. The zero-order chi connectivity index (χ0) is 14.5. The number of aromatic nitrogens is 2. The highest BCUT2D eigenvalue weighted by molar-refractivity contribution is 6.31. The number of fused-ring (bicyclic) bond motifs is 1. The summed E-state index contributed by atoms with van der Waals surface area (Å²) in [4.78, 5) is 19.7. The Labute approximate surface area is 122 Å². The summed E-state index contributed by atoms with van der Waals surface area (Å²) in [5.74, 6) is 0.0211. The molecule has 106 valence electrons. The standard InChI is InChI=1S/C14H16ClN3O2/c1-2-20-13(19)5-3-4-11-10-7-6-9(15)8-12(10)18-14(16)17-11/h6-8H,2-5H2,1H3,(H2,16,17,18). The van der Waals surface area contributed by atoms with E-state index in [0.29, 0.717) is 30.9 Å². The van der Waals surface area contributed by atoms with Crippen LogP contribution in [0.15, 0.2) is 18.2 Å². The number of nitrogen functional groups attached to an aromatic ring is 1. The molecule has 2 N–H and O–H groups in total. The Balaban J connectivity index is 2.15. The van der Waals surface area contributed by atoms with Gasteiger partial charge in [0.2, 0.25) is 5.95 Å². The number of halogens is 1. The van der Waals surface area contributed by atoms with Gasteiger partial charge in [-0.3, -0.25) is 4.79 Å². The molecule has 0 aliphatic carbocycles. The van der Waals surface area contributed by atoms with Crippen molar-refractivity contribution in [3.8, 4) is 0 Å². The highest BCUT2D eigenvalue weighted by Crippen LogP contribution is 2.22. The number of esters is 1. The van der Waals surface area contributed by atoms with E-state index in [2.05, 4.69) is 9.97 Å². The topological polar surface area (TPSA) is 78.1 Å². The van der Waals surface area contributed by atoms with Crippen LogP contribution in [0.3, 0.4) is 0 Å². The Morgan fingerprint density at radius 3 is 2.95 bits per heavy atom. The molecule has 1 aromatic carbocycles. The summed E-state index contributed by atoms with van der Waals surface area (Å²) < 4.78 is 4.89. The second-order valence-corrected chi connectivity index (χ2v) is 4.78. The Morgan fingerprint density at radius 1 is 1.40 bits per heavy atom. The molecule has 20 heavy (non-hydrogen) atoms. The summed E-state index contributed by atoms with van der Waals surface area (Å²) >= 11 is 5.94. The van der Waals surface area contributed by atoms with Crippen LogP contribution < -0.4 is 5.73 Å². The molecule has 6 heteroatoms. The minimum Gasteiger partial charge on any atom is -0.466 e. The fourth-order valence-corrected chi connectivity index (χ4v) is 2.18. The molecule has 0 aliphatic heterocycles. The first-order valence-electron chi connectivity index (χ1n) is 6.47. The molecule has 0 radical (unpaired) electrons. The molecule has 0 aliphatic rings. The van der Waals surface area contributed by atoms with Gasteiger partial charge in [-0.2, -0.15) is 0 Å². The fraction of sp³-hybridized carbons (Fsp3) is 0.357. The van der Waals surface area contributed by atoms with E-state index >= 15 is 0 Å². The lowest BCUT2D eigenvalue weighted by molar-refractivity contribution is -0.143. The van der Waals surface area contributed by atoms with Crippen LogP contribution in [0.25, 0.3) is 10.9 Å². The van der Waals surface area contributed by atoms with Gasteiger partial charge in [-0.1, -0.05) is 11.6 Å². The lowest BCUT2D eigenvalue weighted by Gasteiger charge is -2.07. The summed E-state index contributed by atoms with van der Waals surface area (Å²) in [7, 11) is 0. The zero-order valence-corrected chi connectivity index (χ0v) is 12.0. The van der Waals surface area contributed by atoms with Crippen molar-refractivity contribution < 1.29 is 9.53 Å². The van der Waals surface area contributed by atoms with E-state index in [-0.39, 0.29) is 11.9 Å². The predicted molar refractivity (Wildman–Crippen MR) is 78.5 cm³/mol. The second-order valence-electron chi connectivity index (χ2n) is 4.35. The minimum absolute atomic E-state index is 0.193. The molecule has 1 aromatic heterocycles. The number of carbonyl (C=O) groups is 1. The summed E-state index contributed by atoms with van der Waals surface area (Å²) in [6, 6.07) is 5.42. The highest BCUT2D eigenvalue weighted by atomic mass is 35.5. The highest BCUT2D eigenvalue weighted by Gasteiger charge is 2.08. The van der Waals surface area contributed by atoms with Crippen molar-refractivity contribution in [3.63, 3.8) is 0 Å². The molecule has 2 rings (SSSR count). The summed E-state index contributed by atoms with van der Waals surface area (Å²) in [6.07, 6.45) is 1.67. The van der Waals surface area contributed by atoms with E-state index in [4.69, 9.17) is 22.1 Å². The molecular weight excluding hydrogens is 278 g/mol. The first-order chi connectivity index (χ1) is 9.60. The quantitative estimate of drug-likeness (QED) is 0.858. The third-order valence-corrected chi connectivity index (χ3v) is 3.09. The van der Waals surface area contributed by atoms with E-state index in [1.54, 1.807) is 19.1 Å². The van der Waals surface area contributed by atoms with Crippen molar-refractivity contribution in [1.82, 2.24) is 9.97 Å². The fourth-order valence-electron chi connectivity index (χ4n) is 2.01. The van der Waals surface area contributed by atoms with Crippen LogP contribution in [0.2, 0.25) is 5.02 Å². The van der Waals surface area contributed by atoms with Crippen molar-refractivity contribution in [3.05, 3.63) is 28.9 Å². The molecule has 2 aromatic rings. The maximum absolute atomic E-state index is 11.3. The molecule has 0 saturated carbocycles. The van der Waals surface area contributed by atoms with Crippen LogP contribution in [0.5, 0.6) is 0 Å². The maximum atomic E-state index is 11.3. The van der Waals surface area contributed by atoms with Crippen LogP contribution in [0, 0.1) is 0 Å². The molecule has 5 nitrogen and oxygen atoms in total. The van der Waals surface area contributed by atoms with Gasteiger partial charge in [0, 0.05) is 16.8 Å². The van der Waals surface area contributed by atoms with Crippen LogP contribution in [-0.2, 0) is 16.0 Å². The van der Waals surface area contributed by atoms with Gasteiger partial charge in [-0.05, 0) is 38.0 Å². The monoisotopic (exact) mass is 293 g/mol. The predicted octanol–water partition coefficient (Wildman–Crippen LogP) is 2.75. The van der Waals surface area contributed by atoms with Crippen LogP contribution in [0.1, 0.15) is 25.5 Å². The third-order valence-electron chi connectivity index (χ3n) is 2.85. The van der Waals surface area contributed by atoms with Crippen molar-refractivity contribution in [2.75, 3.05) is 12.3 Å². The van der Waals surface area contributed by atoms with Gasteiger partial charge in [0.15, 0.2) is 0 Å². The smallest absolute Gasteiger partial charge is 0.305 e. The van der Waals surface area contributed by atoms with Gasteiger partial charge < -0.3 is 10.5 Å². The van der Waals surface area contributed by atoms with Gasteiger partial charge >= 0.3 is 5.97 Å². The van der Waals surface area contributed by atoms with Crippen LogP contribution >= 0.6 is 11.6 Å². The molecule has 0 amide bonds. The van der Waals surface area contributed by atoms with Crippen LogP contribution in [0.4, 0.5) is 5.95 Å². The molecule has 1 heterocycles. The van der Waals surface area contributed by atoms with E-state index in [1.807, 2.05) is 6.07 Å². The molecular formula is C14H16ClN3O2. The van der Waals surface area contributed by atoms with Gasteiger partial charge in [0.25, 0.3) is 0 Å². The molecule has 0 atom stereocenters. The normalized spacial score (nSPS) is 10.7. The lowest BCUT2D eigenvalue weighted by Crippen LogP contribution is -2.05. The van der Waals surface area contributed by atoms with E-state index < -0.39 is 0 Å². The van der Waals surface area contributed by atoms with Crippen LogP contribution in [-0.4, -0.2) is 22.5 Å². The third kappa shape index (κ3) is 3.57. The SMILES string of the molecule is CCOC(=O)CCCc1nc(N)nc2cc(Cl)ccc12. The molecule has 0 spiro atoms. The second kappa shape index (κ2) is 6.52. The van der Waals surface area contributed by atoms with Gasteiger partial charge in [0.1, 0.15) is 0 Å². The molecule has 0 unspecified atom stereocenters. The number of anilines is 1. The average molecular weight is 294 g/mol. The number of ether oxygens (including phenoxy) is 1. The zero-order valence-electron chi connectivity index (χ0n) is 11.2. The van der Waals surface area contributed by atoms with E-state index in [1.165, 1.54) is 0 Å². The number of rotatable bonds is 5. The summed E-state index contributed by atoms with van der Waals surface area (Å²) in [5.41, 5.74) is 7.24. The lowest BCUT2D eigenvalue weighted by atomic mass is 10.1. The minimum atomic E-state index is -0.193. The van der Waals surface area contributed by atoms with Crippen molar-refractivity contribution in [2.24, 2.45) is 0 Å². The largest absolute Gasteiger partial charge is 0.466 e. The van der Waals surface area contributed by atoms with Crippen molar-refractivity contribution in [1.29, 1.82) is 0 Å². The number of carbonyl (C=O) groups excluding carboxylic acids is 1. The maximum Gasteiger partial charge on any atom is 0.305 e. The molecule has 0 bridgehead atoms. The van der Waals surface area contributed by atoms with Gasteiger partial charge in [-0.25, -0.2) is 9.97 Å². The van der Waals surface area contributed by atoms with Crippen molar-refractivity contribution >= 4 is 34.4 Å². The summed E-state index contributed by atoms with van der Waals surface area (Å²) in [5, 5.41) is 1.51. The number of benzene rings is 1. The van der Waals surface area contributed by atoms with Gasteiger partial charge in [0.05, 0.1) is 17.8 Å². The molecule has 0 saturated heterocycles. The number of nitrogens with two attached hydrogens (primary N) is 1. The Hall–Kier alpha value is -1.88. The summed E-state index contributed by atoms with van der Waals surface area (Å²) in [6.45, 7) is 2.20. The average Bonchev–Trinajstić information content (AvgIpc) is 2.38. The van der Waals surface area contributed by atoms with Crippen molar-refractivity contribution in [2.45, 2.75) is 26.2 Å². The van der Waals surface area contributed by atoms with Gasteiger partial charge in [-0.15, -0.1) is 0 Å². The first-order valence-corrected chi connectivity index (χ1v) is 6.85. The van der Waals surface area contributed by atoms with E-state index in [0.717, 1.165) is 16.6 Å². The first kappa shape index (κ1) is 14.5. The van der Waals surface area contributed by atoms with E-state index in [9.17, 15) is 4.79 Å². The molecule has 0 fully saturated rings. The number of hydrogen-bond donors (Lipinski definition) is 1. The number of aryl methyl sites for hydroxylation is 1.